The van der Waals surface area contributed by atoms with Crippen LogP contribution in [0.4, 0.5) is 0 Å². The Kier molecular flexibility index (Phi) is 28.3. The Balaban J connectivity index is -0.000000605. The zero-order valence-corrected chi connectivity index (χ0v) is 12.0. The number of rotatable bonds is 8. The summed E-state index contributed by atoms with van der Waals surface area (Å²) in [6, 6.07) is 0. The van der Waals surface area contributed by atoms with E-state index < -0.39 is 0 Å². The fourth-order valence-corrected chi connectivity index (χ4v) is 0.708. The van der Waals surface area contributed by atoms with E-state index in [0.717, 1.165) is 32.5 Å². The molecule has 0 radical (unpaired) electrons. The van der Waals surface area contributed by atoms with E-state index in [0.29, 0.717) is 6.79 Å². The van der Waals surface area contributed by atoms with Crippen LogP contribution in [0.3, 0.4) is 0 Å². The van der Waals surface area contributed by atoms with E-state index in [2.05, 4.69) is 19.9 Å². The molecule has 4 heteroatoms. The van der Waals surface area contributed by atoms with Crippen LogP contribution >= 0.6 is 0 Å². The van der Waals surface area contributed by atoms with Gasteiger partial charge in [0.1, 0.15) is 6.79 Å². The first-order valence-electron chi connectivity index (χ1n) is 4.51. The smallest absolute Gasteiger partial charge is 1.00 e. The van der Waals surface area contributed by atoms with Gasteiger partial charge in [-0.3, -0.25) is 0 Å². The van der Waals surface area contributed by atoms with E-state index in [1.807, 2.05) is 6.08 Å². The standard InChI is InChI=1S/C10H19O2.BrH.Mg/c1-3-5-6-7-9-12-10-11-8-4-2;;/h5-6H,1,3-4,7-10H2,2H3;1H;/q-1;;+2/p-1/b6-5-;;. The van der Waals surface area contributed by atoms with Gasteiger partial charge < -0.3 is 33.4 Å². The zero-order valence-electron chi connectivity index (χ0n) is 9.01. The van der Waals surface area contributed by atoms with Crippen molar-refractivity contribution in [1.82, 2.24) is 0 Å². The molecule has 0 aromatic rings. The third kappa shape index (κ3) is 18.6. The van der Waals surface area contributed by atoms with Crippen LogP contribution in [0.15, 0.2) is 12.2 Å². The van der Waals surface area contributed by atoms with Crippen LogP contribution in [-0.4, -0.2) is 43.1 Å². The van der Waals surface area contributed by atoms with E-state index in [1.54, 1.807) is 0 Å². The second kappa shape index (κ2) is 19.5. The number of halogens is 1. The van der Waals surface area contributed by atoms with Gasteiger partial charge in [0.05, 0.1) is 6.61 Å². The summed E-state index contributed by atoms with van der Waals surface area (Å²) in [6.07, 6.45) is 6.96. The first kappa shape index (κ1) is 20.3. The molecule has 0 unspecified atom stereocenters. The van der Waals surface area contributed by atoms with Gasteiger partial charge in [0, 0.05) is 6.61 Å². The predicted octanol–water partition coefficient (Wildman–Crippen LogP) is -0.819. The summed E-state index contributed by atoms with van der Waals surface area (Å²) < 4.78 is 10.3. The Hall–Kier alpha value is 0.906. The van der Waals surface area contributed by atoms with Crippen LogP contribution in [0, 0.1) is 6.92 Å². The van der Waals surface area contributed by atoms with Gasteiger partial charge in [-0.15, -0.1) is 6.08 Å². The Labute approximate surface area is 114 Å². The van der Waals surface area contributed by atoms with E-state index >= 15 is 0 Å². The van der Waals surface area contributed by atoms with Crippen molar-refractivity contribution < 1.29 is 26.5 Å². The molecule has 80 valence electrons. The Morgan fingerprint density at radius 1 is 1.14 bits per heavy atom. The normalized spacial score (nSPS) is 9.57. The largest absolute Gasteiger partial charge is 2.00 e. The fourth-order valence-electron chi connectivity index (χ4n) is 0.708. The molecule has 0 amide bonds. The van der Waals surface area contributed by atoms with Crippen LogP contribution in [0.1, 0.15) is 26.2 Å². The van der Waals surface area contributed by atoms with Gasteiger partial charge in [-0.05, 0) is 12.8 Å². The van der Waals surface area contributed by atoms with Gasteiger partial charge in [0.15, 0.2) is 0 Å². The van der Waals surface area contributed by atoms with E-state index in [9.17, 15) is 0 Å². The summed E-state index contributed by atoms with van der Waals surface area (Å²) in [5.74, 6) is 0. The molecular formula is C10H19BrMgO2. The fraction of sp³-hybridized carbons (Fsp3) is 0.700. The molecule has 0 N–H and O–H groups in total. The molecule has 0 fully saturated rings. The Bertz CT molecular complexity index is 110. The molecule has 0 bridgehead atoms. The Morgan fingerprint density at radius 3 is 2.36 bits per heavy atom. The predicted molar refractivity (Wildman–Crippen MR) is 56.5 cm³/mol. The van der Waals surface area contributed by atoms with Crippen LogP contribution < -0.4 is 17.0 Å². The molecule has 0 heterocycles. The van der Waals surface area contributed by atoms with E-state index in [4.69, 9.17) is 9.47 Å². The minimum absolute atomic E-state index is 0. The van der Waals surface area contributed by atoms with E-state index in [1.165, 1.54) is 0 Å². The van der Waals surface area contributed by atoms with Crippen molar-refractivity contribution in [2.75, 3.05) is 20.0 Å². The number of hydrogen-bond donors (Lipinski definition) is 0. The number of ether oxygens (including phenoxy) is 2. The monoisotopic (exact) mass is 274 g/mol. The molecule has 0 spiro atoms. The van der Waals surface area contributed by atoms with Gasteiger partial charge in [-0.1, -0.05) is 13.0 Å². The first-order valence-corrected chi connectivity index (χ1v) is 4.51. The second-order valence-corrected chi connectivity index (χ2v) is 2.48. The molecule has 0 saturated heterocycles. The first-order chi connectivity index (χ1) is 5.91. The van der Waals surface area contributed by atoms with Gasteiger partial charge in [-0.2, -0.15) is 6.42 Å². The van der Waals surface area contributed by atoms with Crippen molar-refractivity contribution in [3.05, 3.63) is 19.1 Å². The molecule has 0 aromatic carbocycles. The molecule has 0 aliphatic rings. The molecular weight excluding hydrogens is 256 g/mol. The molecule has 0 rings (SSSR count). The summed E-state index contributed by atoms with van der Waals surface area (Å²) in [7, 11) is 0. The molecule has 0 saturated carbocycles. The van der Waals surface area contributed by atoms with Crippen molar-refractivity contribution in [2.45, 2.75) is 26.2 Å². The molecule has 0 aliphatic heterocycles. The average Bonchev–Trinajstić information content (AvgIpc) is 2.10. The molecule has 0 atom stereocenters. The quantitative estimate of drug-likeness (QED) is 0.189. The van der Waals surface area contributed by atoms with Gasteiger partial charge in [-0.25, -0.2) is 0 Å². The van der Waals surface area contributed by atoms with Crippen LogP contribution in [0.25, 0.3) is 0 Å². The van der Waals surface area contributed by atoms with Crippen LogP contribution in [0.5, 0.6) is 0 Å². The minimum atomic E-state index is 0. The third-order valence-electron chi connectivity index (χ3n) is 1.28. The van der Waals surface area contributed by atoms with Crippen LogP contribution in [0.2, 0.25) is 0 Å². The summed E-state index contributed by atoms with van der Waals surface area (Å²) in [5, 5.41) is 0. The third-order valence-corrected chi connectivity index (χ3v) is 1.28. The van der Waals surface area contributed by atoms with Crippen molar-refractivity contribution in [2.24, 2.45) is 0 Å². The molecule has 2 nitrogen and oxygen atoms in total. The zero-order chi connectivity index (χ0) is 9.07. The summed E-state index contributed by atoms with van der Waals surface area (Å²) >= 11 is 0. The summed E-state index contributed by atoms with van der Waals surface area (Å²) in [4.78, 5) is 0. The van der Waals surface area contributed by atoms with Crippen LogP contribution in [-0.2, 0) is 9.47 Å². The van der Waals surface area contributed by atoms with Crippen molar-refractivity contribution >= 4 is 23.1 Å². The van der Waals surface area contributed by atoms with Gasteiger partial charge in [0.2, 0.25) is 0 Å². The minimum Gasteiger partial charge on any atom is -1.00 e. The van der Waals surface area contributed by atoms with Gasteiger partial charge in [0.25, 0.3) is 0 Å². The van der Waals surface area contributed by atoms with Gasteiger partial charge >= 0.3 is 23.1 Å². The number of hydrogen-bond acceptors (Lipinski definition) is 2. The average molecular weight is 275 g/mol. The Morgan fingerprint density at radius 2 is 1.79 bits per heavy atom. The van der Waals surface area contributed by atoms with Crippen molar-refractivity contribution in [1.29, 1.82) is 0 Å². The molecule has 14 heavy (non-hydrogen) atoms. The van der Waals surface area contributed by atoms with Crippen molar-refractivity contribution in [3.63, 3.8) is 0 Å². The molecule has 0 aromatic heterocycles. The van der Waals surface area contributed by atoms with E-state index in [-0.39, 0.29) is 40.0 Å². The second-order valence-electron chi connectivity index (χ2n) is 2.48. The maximum absolute atomic E-state index is 5.19. The maximum atomic E-state index is 5.19. The SMILES string of the molecule is [Br-].[CH2-]C/C=C\CCOCOCCC.[Mg+2]. The topological polar surface area (TPSA) is 18.5 Å². The van der Waals surface area contributed by atoms with Crippen molar-refractivity contribution in [3.8, 4) is 0 Å². The molecule has 0 aliphatic carbocycles. The maximum Gasteiger partial charge on any atom is 2.00 e. The number of allylic oxidation sites excluding steroid dienone is 1. The summed E-state index contributed by atoms with van der Waals surface area (Å²) in [6.45, 7) is 7.72. The summed E-state index contributed by atoms with van der Waals surface area (Å²) in [5.41, 5.74) is 0.